The highest BCUT2D eigenvalue weighted by atomic mass is 32.2. The fourth-order valence-electron chi connectivity index (χ4n) is 1.82. The molecule has 0 spiro atoms. The standard InChI is InChI=1S/C15H14F2N2O2S/c1-19-11(7-8-18-19)4-5-12(20)10-3-6-14(22-15(16)17)13(9-10)21-2/h3-9,15H,1-2H3/b5-4+. The van der Waals surface area contributed by atoms with Gasteiger partial charge in [-0.1, -0.05) is 11.8 Å². The van der Waals surface area contributed by atoms with Gasteiger partial charge in [0.05, 0.1) is 17.7 Å². The quantitative estimate of drug-likeness (QED) is 0.462. The Balaban J connectivity index is 2.20. The first kappa shape index (κ1) is 16.2. The van der Waals surface area contributed by atoms with Crippen molar-refractivity contribution in [1.29, 1.82) is 0 Å². The van der Waals surface area contributed by atoms with Gasteiger partial charge in [0.1, 0.15) is 5.75 Å². The number of hydrogen-bond acceptors (Lipinski definition) is 4. The molecule has 116 valence electrons. The zero-order valence-electron chi connectivity index (χ0n) is 12.0. The Hall–Kier alpha value is -2.15. The van der Waals surface area contributed by atoms with Crippen LogP contribution in [0.25, 0.3) is 6.08 Å². The van der Waals surface area contributed by atoms with Crippen LogP contribution in [0, 0.1) is 0 Å². The first-order chi connectivity index (χ1) is 10.5. The summed E-state index contributed by atoms with van der Waals surface area (Å²) < 4.78 is 31.6. The Bertz CT molecular complexity index is 699. The summed E-state index contributed by atoms with van der Waals surface area (Å²) >= 11 is 0.384. The van der Waals surface area contributed by atoms with Gasteiger partial charge in [0, 0.05) is 18.8 Å². The lowest BCUT2D eigenvalue weighted by Crippen LogP contribution is -1.98. The molecule has 22 heavy (non-hydrogen) atoms. The molecular formula is C15H14F2N2O2S. The third-order valence-corrected chi connectivity index (χ3v) is 3.70. The second kappa shape index (κ2) is 7.22. The van der Waals surface area contributed by atoms with E-state index in [0.717, 1.165) is 5.69 Å². The molecule has 0 N–H and O–H groups in total. The van der Waals surface area contributed by atoms with Gasteiger partial charge in [0.15, 0.2) is 5.78 Å². The molecule has 0 unspecified atom stereocenters. The number of ether oxygens (including phenoxy) is 1. The normalized spacial score (nSPS) is 11.3. The predicted octanol–water partition coefficient (Wildman–Crippen LogP) is 3.64. The molecule has 0 amide bonds. The minimum absolute atomic E-state index is 0.243. The fraction of sp³-hybridized carbons (Fsp3) is 0.200. The van der Waals surface area contributed by atoms with Crippen molar-refractivity contribution in [3.63, 3.8) is 0 Å². The number of rotatable bonds is 6. The molecule has 0 bridgehead atoms. The van der Waals surface area contributed by atoms with Crippen molar-refractivity contribution >= 4 is 23.6 Å². The average molecular weight is 324 g/mol. The van der Waals surface area contributed by atoms with Crippen LogP contribution >= 0.6 is 11.8 Å². The van der Waals surface area contributed by atoms with Crippen LogP contribution in [-0.4, -0.2) is 28.4 Å². The van der Waals surface area contributed by atoms with E-state index in [-0.39, 0.29) is 11.5 Å². The first-order valence-corrected chi connectivity index (χ1v) is 7.22. The van der Waals surface area contributed by atoms with Crippen LogP contribution in [0.3, 0.4) is 0 Å². The maximum absolute atomic E-state index is 12.4. The van der Waals surface area contributed by atoms with Gasteiger partial charge in [-0.2, -0.15) is 13.9 Å². The second-order valence-electron chi connectivity index (χ2n) is 4.32. The third-order valence-electron chi connectivity index (χ3n) is 2.93. The Morgan fingerprint density at radius 3 is 2.77 bits per heavy atom. The fourth-order valence-corrected chi connectivity index (χ4v) is 2.42. The van der Waals surface area contributed by atoms with Crippen molar-refractivity contribution < 1.29 is 18.3 Å². The van der Waals surface area contributed by atoms with Gasteiger partial charge in [0.2, 0.25) is 0 Å². The van der Waals surface area contributed by atoms with Crippen LogP contribution < -0.4 is 4.74 Å². The number of aromatic nitrogens is 2. The number of ketones is 1. The zero-order chi connectivity index (χ0) is 16.1. The number of benzene rings is 1. The van der Waals surface area contributed by atoms with Crippen LogP contribution in [-0.2, 0) is 7.05 Å². The summed E-state index contributed by atoms with van der Waals surface area (Å²) in [7, 11) is 3.15. The highest BCUT2D eigenvalue weighted by Gasteiger charge is 2.13. The van der Waals surface area contributed by atoms with E-state index in [0.29, 0.717) is 22.2 Å². The summed E-state index contributed by atoms with van der Waals surface area (Å²) in [6.45, 7) is 0. The van der Waals surface area contributed by atoms with E-state index in [1.807, 2.05) is 0 Å². The van der Waals surface area contributed by atoms with Gasteiger partial charge in [-0.15, -0.1) is 0 Å². The number of allylic oxidation sites excluding steroid dienone is 1. The summed E-state index contributed by atoms with van der Waals surface area (Å²) in [6, 6.07) is 6.19. The number of halogens is 2. The van der Waals surface area contributed by atoms with Crippen LogP contribution in [0.5, 0.6) is 5.75 Å². The van der Waals surface area contributed by atoms with Crippen LogP contribution in [0.1, 0.15) is 16.1 Å². The lowest BCUT2D eigenvalue weighted by Gasteiger charge is -2.08. The summed E-state index contributed by atoms with van der Waals surface area (Å²) in [5.74, 6) is -2.53. The highest BCUT2D eigenvalue weighted by Crippen LogP contribution is 2.34. The summed E-state index contributed by atoms with van der Waals surface area (Å²) in [6.07, 6.45) is 4.68. The number of carbonyl (C=O) groups is 1. The Labute approximate surface area is 130 Å². The van der Waals surface area contributed by atoms with E-state index in [4.69, 9.17) is 4.74 Å². The monoisotopic (exact) mass is 324 g/mol. The molecule has 0 fully saturated rings. The Morgan fingerprint density at radius 1 is 1.41 bits per heavy atom. The molecule has 1 aromatic carbocycles. The molecule has 4 nitrogen and oxygen atoms in total. The van der Waals surface area contributed by atoms with E-state index in [9.17, 15) is 13.6 Å². The minimum atomic E-state index is -2.54. The molecule has 1 heterocycles. The minimum Gasteiger partial charge on any atom is -0.496 e. The third kappa shape index (κ3) is 3.94. The van der Waals surface area contributed by atoms with Crippen molar-refractivity contribution in [3.8, 4) is 5.75 Å². The van der Waals surface area contributed by atoms with E-state index in [2.05, 4.69) is 5.10 Å². The topological polar surface area (TPSA) is 44.1 Å². The summed E-state index contributed by atoms with van der Waals surface area (Å²) in [5.41, 5.74) is 1.15. The number of carbonyl (C=O) groups excluding carboxylic acids is 1. The lowest BCUT2D eigenvalue weighted by molar-refractivity contribution is 0.104. The molecule has 0 saturated carbocycles. The zero-order valence-corrected chi connectivity index (χ0v) is 12.8. The number of alkyl halides is 2. The van der Waals surface area contributed by atoms with Gasteiger partial charge >= 0.3 is 0 Å². The van der Waals surface area contributed by atoms with Crippen LogP contribution in [0.4, 0.5) is 8.78 Å². The van der Waals surface area contributed by atoms with Crippen molar-refractivity contribution in [2.24, 2.45) is 7.05 Å². The van der Waals surface area contributed by atoms with Gasteiger partial charge in [-0.25, -0.2) is 0 Å². The van der Waals surface area contributed by atoms with E-state index in [1.54, 1.807) is 30.1 Å². The maximum atomic E-state index is 12.4. The molecule has 0 aliphatic rings. The Kier molecular flexibility index (Phi) is 5.32. The van der Waals surface area contributed by atoms with Gasteiger partial charge in [-0.05, 0) is 36.4 Å². The lowest BCUT2D eigenvalue weighted by atomic mass is 10.1. The molecular weight excluding hydrogens is 310 g/mol. The van der Waals surface area contributed by atoms with Crippen LogP contribution in [0.2, 0.25) is 0 Å². The molecule has 0 saturated heterocycles. The molecule has 2 rings (SSSR count). The van der Waals surface area contributed by atoms with E-state index < -0.39 is 5.76 Å². The van der Waals surface area contributed by atoms with Crippen molar-refractivity contribution in [2.75, 3.05) is 7.11 Å². The van der Waals surface area contributed by atoms with Crippen molar-refractivity contribution in [1.82, 2.24) is 9.78 Å². The van der Waals surface area contributed by atoms with Crippen molar-refractivity contribution in [2.45, 2.75) is 10.7 Å². The summed E-state index contributed by atoms with van der Waals surface area (Å²) in [4.78, 5) is 12.4. The first-order valence-electron chi connectivity index (χ1n) is 6.34. The molecule has 0 atom stereocenters. The van der Waals surface area contributed by atoms with Crippen LogP contribution in [0.15, 0.2) is 41.4 Å². The molecule has 0 aliphatic heterocycles. The number of thioether (sulfide) groups is 1. The van der Waals surface area contributed by atoms with Gasteiger partial charge < -0.3 is 4.74 Å². The average Bonchev–Trinajstić information content (AvgIpc) is 2.90. The highest BCUT2D eigenvalue weighted by molar-refractivity contribution is 7.99. The number of nitrogens with zero attached hydrogens (tertiary/aromatic N) is 2. The number of aryl methyl sites for hydroxylation is 1. The van der Waals surface area contributed by atoms with Gasteiger partial charge in [0.25, 0.3) is 5.76 Å². The predicted molar refractivity (Wildman–Crippen MR) is 81.4 cm³/mol. The van der Waals surface area contributed by atoms with E-state index in [1.165, 1.54) is 31.4 Å². The summed E-state index contributed by atoms with van der Waals surface area (Å²) in [5, 5.41) is 3.99. The second-order valence-corrected chi connectivity index (χ2v) is 5.35. The SMILES string of the molecule is COc1cc(C(=O)/C=C/c2ccnn2C)ccc1SC(F)F. The largest absolute Gasteiger partial charge is 0.496 e. The smallest absolute Gasteiger partial charge is 0.289 e. The number of methoxy groups -OCH3 is 1. The Morgan fingerprint density at radius 2 is 2.18 bits per heavy atom. The molecule has 0 radical (unpaired) electrons. The molecule has 7 heteroatoms. The maximum Gasteiger partial charge on any atom is 0.289 e. The number of hydrogen-bond donors (Lipinski definition) is 0. The van der Waals surface area contributed by atoms with Crippen molar-refractivity contribution in [3.05, 3.63) is 47.8 Å². The molecule has 2 aromatic rings. The van der Waals surface area contributed by atoms with E-state index >= 15 is 0 Å². The molecule has 1 aromatic heterocycles. The molecule has 0 aliphatic carbocycles. The van der Waals surface area contributed by atoms with Gasteiger partial charge in [-0.3, -0.25) is 9.48 Å².